The highest BCUT2D eigenvalue weighted by molar-refractivity contribution is 8.14. The van der Waals surface area contributed by atoms with Crippen LogP contribution in [0.15, 0.2) is 0 Å². The van der Waals surface area contributed by atoms with Gasteiger partial charge >= 0.3 is 5.51 Å². The van der Waals surface area contributed by atoms with E-state index in [1.54, 1.807) is 0 Å². The average molecular weight is 186 g/mol. The van der Waals surface area contributed by atoms with Gasteiger partial charge in [0.2, 0.25) is 0 Å². The van der Waals surface area contributed by atoms with Crippen LogP contribution in [0.4, 0.5) is 13.2 Å². The minimum Gasteiger partial charge on any atom is -0.287 e. The van der Waals surface area contributed by atoms with Crippen LogP contribution in [0.25, 0.3) is 0 Å². The lowest BCUT2D eigenvalue weighted by molar-refractivity contribution is -0.112. The summed E-state index contributed by atoms with van der Waals surface area (Å²) in [7, 11) is 0. The van der Waals surface area contributed by atoms with Gasteiger partial charge in [-0.1, -0.05) is 13.3 Å². The monoisotopic (exact) mass is 186 g/mol. The van der Waals surface area contributed by atoms with E-state index in [0.717, 1.165) is 6.42 Å². The molecule has 0 amide bonds. The number of unbranched alkanes of at least 4 members (excludes halogenated alkanes) is 1. The van der Waals surface area contributed by atoms with E-state index in [-0.39, 0.29) is 6.42 Å². The number of hydrogen-bond acceptors (Lipinski definition) is 2. The second-order valence-electron chi connectivity index (χ2n) is 2.02. The van der Waals surface area contributed by atoms with E-state index in [2.05, 4.69) is 0 Å². The molecule has 0 rings (SSSR count). The fraction of sp³-hybridized carbons (Fsp3) is 0.833. The van der Waals surface area contributed by atoms with Gasteiger partial charge in [-0.3, -0.25) is 4.79 Å². The van der Waals surface area contributed by atoms with E-state index in [0.29, 0.717) is 6.42 Å². The van der Waals surface area contributed by atoms with Crippen molar-refractivity contribution in [3.8, 4) is 0 Å². The molecule has 0 N–H and O–H groups in total. The average Bonchev–Trinajstić information content (AvgIpc) is 1.79. The lowest BCUT2D eigenvalue weighted by Crippen LogP contribution is -2.05. The van der Waals surface area contributed by atoms with Gasteiger partial charge in [-0.15, -0.1) is 0 Å². The third kappa shape index (κ3) is 7.71. The van der Waals surface area contributed by atoms with Crippen LogP contribution in [0, 0.1) is 0 Å². The molecule has 0 aromatic rings. The lowest BCUT2D eigenvalue weighted by Gasteiger charge is -2.02. The Morgan fingerprint density at radius 2 is 2.00 bits per heavy atom. The van der Waals surface area contributed by atoms with Gasteiger partial charge in [-0.25, -0.2) is 0 Å². The fourth-order valence-corrected chi connectivity index (χ4v) is 1.01. The van der Waals surface area contributed by atoms with Crippen LogP contribution in [0.1, 0.15) is 26.2 Å². The van der Waals surface area contributed by atoms with Crippen LogP contribution in [-0.2, 0) is 4.79 Å². The summed E-state index contributed by atoms with van der Waals surface area (Å²) in [6, 6.07) is 0. The van der Waals surface area contributed by atoms with Crippen molar-refractivity contribution >= 4 is 16.9 Å². The van der Waals surface area contributed by atoms with Gasteiger partial charge in [0.1, 0.15) is 0 Å². The van der Waals surface area contributed by atoms with E-state index >= 15 is 0 Å². The largest absolute Gasteiger partial charge is 0.449 e. The van der Waals surface area contributed by atoms with Crippen molar-refractivity contribution in [3.63, 3.8) is 0 Å². The second-order valence-corrected chi connectivity index (χ2v) is 3.15. The first-order valence-electron chi connectivity index (χ1n) is 3.24. The molecule has 0 radical (unpaired) electrons. The van der Waals surface area contributed by atoms with E-state index < -0.39 is 22.4 Å². The van der Waals surface area contributed by atoms with Gasteiger partial charge in [0.15, 0.2) is 5.12 Å². The van der Waals surface area contributed by atoms with E-state index in [4.69, 9.17) is 0 Å². The Morgan fingerprint density at radius 1 is 1.45 bits per heavy atom. The summed E-state index contributed by atoms with van der Waals surface area (Å²) in [5, 5.41) is -0.792. The van der Waals surface area contributed by atoms with Gasteiger partial charge in [0.25, 0.3) is 0 Å². The van der Waals surface area contributed by atoms with Crippen LogP contribution in [-0.4, -0.2) is 10.6 Å². The predicted octanol–water partition coefficient (Wildman–Crippen LogP) is 2.96. The quantitative estimate of drug-likeness (QED) is 0.674. The molecule has 0 atom stereocenters. The highest BCUT2D eigenvalue weighted by Gasteiger charge is 2.31. The number of thioether (sulfide) groups is 1. The molecule has 0 fully saturated rings. The van der Waals surface area contributed by atoms with Gasteiger partial charge in [-0.2, -0.15) is 13.2 Å². The minimum absolute atomic E-state index is 0.0146. The molecule has 0 aromatic heterocycles. The van der Waals surface area contributed by atoms with Gasteiger partial charge < -0.3 is 0 Å². The summed E-state index contributed by atoms with van der Waals surface area (Å²) in [6.45, 7) is 1.82. The van der Waals surface area contributed by atoms with Crippen LogP contribution >= 0.6 is 11.8 Å². The number of carbonyl (C=O) groups is 1. The molecule has 0 saturated carbocycles. The van der Waals surface area contributed by atoms with Gasteiger partial charge in [0.05, 0.1) is 0 Å². The molecule has 1 nitrogen and oxygen atoms in total. The predicted molar refractivity (Wildman–Crippen MR) is 38.2 cm³/mol. The van der Waals surface area contributed by atoms with Crippen LogP contribution in [0.5, 0.6) is 0 Å². The smallest absolute Gasteiger partial charge is 0.287 e. The molecule has 66 valence electrons. The zero-order valence-electron chi connectivity index (χ0n) is 6.07. The molecule has 0 aliphatic heterocycles. The van der Waals surface area contributed by atoms with Crippen molar-refractivity contribution in [3.05, 3.63) is 0 Å². The standard InChI is InChI=1S/C6H9F3OS/c1-2-3-4-5(10)11-6(7,8)9/h2-4H2,1H3. The van der Waals surface area contributed by atoms with Gasteiger partial charge in [0, 0.05) is 18.2 Å². The van der Waals surface area contributed by atoms with E-state index in [9.17, 15) is 18.0 Å². The molecule has 5 heteroatoms. The maximum absolute atomic E-state index is 11.5. The zero-order chi connectivity index (χ0) is 8.91. The summed E-state index contributed by atoms with van der Waals surface area (Å²) in [5.74, 6) is 0. The van der Waals surface area contributed by atoms with Crippen molar-refractivity contribution in [2.45, 2.75) is 31.7 Å². The molecule has 0 aliphatic carbocycles. The first-order valence-corrected chi connectivity index (χ1v) is 4.06. The summed E-state index contributed by atoms with van der Waals surface area (Å²) >= 11 is -0.542. The fourth-order valence-electron chi connectivity index (χ4n) is 0.501. The van der Waals surface area contributed by atoms with Crippen LogP contribution < -0.4 is 0 Å². The summed E-state index contributed by atoms with van der Waals surface area (Å²) in [4.78, 5) is 10.5. The number of halogens is 3. The molecule has 0 aliphatic rings. The highest BCUT2D eigenvalue weighted by atomic mass is 32.2. The Morgan fingerprint density at radius 3 is 2.36 bits per heavy atom. The third-order valence-corrected chi connectivity index (χ3v) is 1.63. The molecule has 0 unspecified atom stereocenters. The SMILES string of the molecule is CCCCC(=O)SC(F)(F)F. The van der Waals surface area contributed by atoms with Crippen LogP contribution in [0.2, 0.25) is 0 Å². The molecule has 0 saturated heterocycles. The third-order valence-electron chi connectivity index (χ3n) is 0.964. The molecule has 0 bridgehead atoms. The van der Waals surface area contributed by atoms with Crippen molar-refractivity contribution in [1.82, 2.24) is 0 Å². The van der Waals surface area contributed by atoms with Crippen LogP contribution in [0.3, 0.4) is 0 Å². The first-order chi connectivity index (χ1) is 4.95. The Balaban J connectivity index is 3.53. The Hall–Kier alpha value is -0.190. The molecule has 11 heavy (non-hydrogen) atoms. The van der Waals surface area contributed by atoms with Crippen molar-refractivity contribution in [2.75, 3.05) is 0 Å². The topological polar surface area (TPSA) is 17.1 Å². The van der Waals surface area contributed by atoms with Crippen molar-refractivity contribution in [2.24, 2.45) is 0 Å². The summed E-state index contributed by atoms with van der Waals surface area (Å²) < 4.78 is 34.4. The van der Waals surface area contributed by atoms with Gasteiger partial charge in [-0.05, 0) is 6.42 Å². The summed E-state index contributed by atoms with van der Waals surface area (Å²) in [6.07, 6.45) is 1.28. The number of carbonyl (C=O) groups excluding carboxylic acids is 1. The number of hydrogen-bond donors (Lipinski definition) is 0. The molecule has 0 heterocycles. The zero-order valence-corrected chi connectivity index (χ0v) is 6.89. The molecule has 0 aromatic carbocycles. The highest BCUT2D eigenvalue weighted by Crippen LogP contribution is 2.31. The lowest BCUT2D eigenvalue weighted by atomic mass is 10.3. The Labute approximate surface area is 67.3 Å². The second kappa shape index (κ2) is 4.64. The Bertz CT molecular complexity index is 132. The van der Waals surface area contributed by atoms with E-state index in [1.165, 1.54) is 0 Å². The number of rotatable bonds is 3. The van der Waals surface area contributed by atoms with E-state index in [1.807, 2.05) is 6.92 Å². The number of alkyl halides is 3. The van der Waals surface area contributed by atoms with Crippen molar-refractivity contribution < 1.29 is 18.0 Å². The maximum atomic E-state index is 11.5. The molecule has 0 spiro atoms. The minimum atomic E-state index is -4.41. The molecular weight excluding hydrogens is 177 g/mol. The maximum Gasteiger partial charge on any atom is 0.449 e. The summed E-state index contributed by atoms with van der Waals surface area (Å²) in [5.41, 5.74) is -4.41. The Kier molecular flexibility index (Phi) is 4.56. The first kappa shape index (κ1) is 10.8. The normalized spacial score (nSPS) is 11.6. The van der Waals surface area contributed by atoms with Crippen molar-refractivity contribution in [1.29, 1.82) is 0 Å². The molecular formula is C6H9F3OS.